The molecule has 0 bridgehead atoms. The van der Waals surface area contributed by atoms with Crippen LogP contribution < -0.4 is 11.3 Å². The zero-order valence-corrected chi connectivity index (χ0v) is 13.9. The molecular weight excluding hydrogens is 308 g/mol. The molecule has 0 aliphatic carbocycles. The maximum absolute atomic E-state index is 12.7. The van der Waals surface area contributed by atoms with Gasteiger partial charge in [0.25, 0.3) is 5.56 Å². The van der Waals surface area contributed by atoms with Crippen molar-refractivity contribution in [1.82, 2.24) is 14.7 Å². The number of nitrogens with zero attached hydrogens (tertiary/aromatic N) is 3. The first kappa shape index (κ1) is 16.3. The van der Waals surface area contributed by atoms with E-state index in [4.69, 9.17) is 10.2 Å². The summed E-state index contributed by atoms with van der Waals surface area (Å²) >= 11 is 0. The number of nitrogens with two attached hydrogens (primary N) is 1. The molecule has 1 saturated heterocycles. The molecule has 1 fully saturated rings. The van der Waals surface area contributed by atoms with E-state index < -0.39 is 5.56 Å². The van der Waals surface area contributed by atoms with Gasteiger partial charge in [-0.15, -0.1) is 0 Å². The average Bonchev–Trinajstić information content (AvgIpc) is 3.06. The molecule has 1 aliphatic heterocycles. The lowest BCUT2D eigenvalue weighted by Crippen LogP contribution is -2.49. The van der Waals surface area contributed by atoms with Crippen LogP contribution >= 0.6 is 0 Å². The third-order valence-electron chi connectivity index (χ3n) is 4.54. The molecule has 7 heteroatoms. The van der Waals surface area contributed by atoms with Crippen molar-refractivity contribution in [1.29, 1.82) is 0 Å². The molecule has 2 N–H and O–H groups in total. The van der Waals surface area contributed by atoms with Gasteiger partial charge in [0.2, 0.25) is 5.91 Å². The standard InChI is InChI=1S/C17H22N4O3/c1-11-5-3-6-12(2)21(11)16(22)10-20-17(23)13(18)9-14(19-20)15-7-4-8-24-15/h4,7-9,11-12H,3,5-6,10,18H2,1-2H3. The Bertz CT molecular complexity index is 772. The summed E-state index contributed by atoms with van der Waals surface area (Å²) < 4.78 is 6.42. The number of carbonyl (C=O) groups is 1. The van der Waals surface area contributed by atoms with E-state index in [0.29, 0.717) is 11.5 Å². The van der Waals surface area contributed by atoms with Gasteiger partial charge in [0.1, 0.15) is 17.9 Å². The minimum atomic E-state index is -0.462. The Hall–Kier alpha value is -2.57. The van der Waals surface area contributed by atoms with Crippen molar-refractivity contribution in [2.75, 3.05) is 5.73 Å². The van der Waals surface area contributed by atoms with Crippen LogP contribution in [0.4, 0.5) is 5.69 Å². The number of aromatic nitrogens is 2. The highest BCUT2D eigenvalue weighted by Crippen LogP contribution is 2.23. The summed E-state index contributed by atoms with van der Waals surface area (Å²) in [4.78, 5) is 26.8. The zero-order chi connectivity index (χ0) is 17.3. The van der Waals surface area contributed by atoms with Crippen molar-refractivity contribution in [3.63, 3.8) is 0 Å². The highest BCUT2D eigenvalue weighted by atomic mass is 16.3. The van der Waals surface area contributed by atoms with Gasteiger partial charge in [-0.2, -0.15) is 5.10 Å². The summed E-state index contributed by atoms with van der Waals surface area (Å²) in [6.45, 7) is 3.96. The third-order valence-corrected chi connectivity index (χ3v) is 4.54. The molecule has 128 valence electrons. The predicted molar refractivity (Wildman–Crippen MR) is 90.2 cm³/mol. The van der Waals surface area contributed by atoms with E-state index in [1.54, 1.807) is 12.1 Å². The van der Waals surface area contributed by atoms with Crippen LogP contribution in [0.2, 0.25) is 0 Å². The number of nitrogen functional groups attached to an aromatic ring is 1. The van der Waals surface area contributed by atoms with E-state index in [0.717, 1.165) is 23.9 Å². The molecule has 7 nitrogen and oxygen atoms in total. The van der Waals surface area contributed by atoms with Gasteiger partial charge in [0.15, 0.2) is 5.76 Å². The summed E-state index contributed by atoms with van der Waals surface area (Å²) in [7, 11) is 0. The van der Waals surface area contributed by atoms with E-state index in [1.165, 1.54) is 12.3 Å². The fourth-order valence-electron chi connectivity index (χ4n) is 3.34. The number of anilines is 1. The molecule has 2 atom stereocenters. The Morgan fingerprint density at radius 1 is 1.38 bits per heavy atom. The summed E-state index contributed by atoms with van der Waals surface area (Å²) in [5.41, 5.74) is 5.81. The first-order chi connectivity index (χ1) is 11.5. The maximum Gasteiger partial charge on any atom is 0.290 e. The fraction of sp³-hybridized carbons (Fsp3) is 0.471. The van der Waals surface area contributed by atoms with Gasteiger partial charge in [-0.1, -0.05) is 0 Å². The van der Waals surface area contributed by atoms with E-state index >= 15 is 0 Å². The van der Waals surface area contributed by atoms with Crippen molar-refractivity contribution in [3.05, 3.63) is 34.8 Å². The SMILES string of the molecule is CC1CCCC(C)N1C(=O)Cn1nc(-c2ccco2)cc(N)c1=O. The lowest BCUT2D eigenvalue weighted by Gasteiger charge is -2.39. The van der Waals surface area contributed by atoms with Crippen LogP contribution in [0, 0.1) is 0 Å². The van der Waals surface area contributed by atoms with E-state index in [2.05, 4.69) is 5.10 Å². The average molecular weight is 330 g/mol. The molecule has 0 aromatic carbocycles. The molecule has 0 spiro atoms. The van der Waals surface area contributed by atoms with Gasteiger partial charge in [-0.05, 0) is 51.3 Å². The highest BCUT2D eigenvalue weighted by Gasteiger charge is 2.29. The van der Waals surface area contributed by atoms with Crippen LogP contribution in [0.3, 0.4) is 0 Å². The Labute approximate surface area is 140 Å². The van der Waals surface area contributed by atoms with Crippen LogP contribution in [0.25, 0.3) is 11.5 Å². The van der Waals surface area contributed by atoms with Gasteiger partial charge in [0, 0.05) is 12.1 Å². The summed E-state index contributed by atoms with van der Waals surface area (Å²) in [5, 5.41) is 4.24. The first-order valence-corrected chi connectivity index (χ1v) is 8.20. The second-order valence-electron chi connectivity index (χ2n) is 6.35. The normalized spacial score (nSPS) is 21.0. The number of hydrogen-bond acceptors (Lipinski definition) is 5. The Balaban J connectivity index is 1.89. The molecule has 1 amide bonds. The second kappa shape index (κ2) is 6.51. The van der Waals surface area contributed by atoms with Gasteiger partial charge in [-0.25, -0.2) is 4.68 Å². The number of piperidine rings is 1. The predicted octanol–water partition coefficient (Wildman–Crippen LogP) is 1.88. The number of rotatable bonds is 3. The monoisotopic (exact) mass is 330 g/mol. The fourth-order valence-corrected chi connectivity index (χ4v) is 3.34. The Kier molecular flexibility index (Phi) is 4.42. The molecule has 3 heterocycles. The van der Waals surface area contributed by atoms with Crippen molar-refractivity contribution in [2.45, 2.75) is 51.7 Å². The third kappa shape index (κ3) is 3.06. The highest BCUT2D eigenvalue weighted by molar-refractivity contribution is 5.77. The molecule has 24 heavy (non-hydrogen) atoms. The molecule has 3 rings (SSSR count). The van der Waals surface area contributed by atoms with Crippen LogP contribution in [0.5, 0.6) is 0 Å². The van der Waals surface area contributed by atoms with E-state index in [1.807, 2.05) is 18.7 Å². The van der Waals surface area contributed by atoms with Gasteiger partial charge in [-0.3, -0.25) is 9.59 Å². The smallest absolute Gasteiger partial charge is 0.290 e. The van der Waals surface area contributed by atoms with Crippen molar-refractivity contribution < 1.29 is 9.21 Å². The molecule has 0 radical (unpaired) electrons. The van der Waals surface area contributed by atoms with Crippen LogP contribution in [-0.4, -0.2) is 32.7 Å². The van der Waals surface area contributed by atoms with Crippen molar-refractivity contribution in [2.24, 2.45) is 0 Å². The molecule has 1 aliphatic rings. The maximum atomic E-state index is 12.7. The van der Waals surface area contributed by atoms with Gasteiger partial charge < -0.3 is 15.1 Å². The lowest BCUT2D eigenvalue weighted by atomic mass is 9.97. The summed E-state index contributed by atoms with van der Waals surface area (Å²) in [6, 6.07) is 5.26. The van der Waals surface area contributed by atoms with Crippen molar-refractivity contribution >= 4 is 11.6 Å². The molecular formula is C17H22N4O3. The van der Waals surface area contributed by atoms with Crippen LogP contribution in [0.15, 0.2) is 33.7 Å². The minimum absolute atomic E-state index is 0.0453. The number of likely N-dealkylation sites (tertiary alicyclic amines) is 1. The largest absolute Gasteiger partial charge is 0.463 e. The Morgan fingerprint density at radius 2 is 2.08 bits per heavy atom. The second-order valence-corrected chi connectivity index (χ2v) is 6.35. The lowest BCUT2D eigenvalue weighted by molar-refractivity contribution is -0.138. The zero-order valence-electron chi connectivity index (χ0n) is 13.9. The van der Waals surface area contributed by atoms with E-state index in [9.17, 15) is 9.59 Å². The van der Waals surface area contributed by atoms with Crippen LogP contribution in [0.1, 0.15) is 33.1 Å². The van der Waals surface area contributed by atoms with Gasteiger partial charge >= 0.3 is 0 Å². The molecule has 2 unspecified atom stereocenters. The minimum Gasteiger partial charge on any atom is -0.463 e. The van der Waals surface area contributed by atoms with Gasteiger partial charge in [0.05, 0.1) is 6.26 Å². The topological polar surface area (TPSA) is 94.4 Å². The summed E-state index contributed by atoms with van der Waals surface area (Å²) in [5.74, 6) is 0.392. The number of carbonyl (C=O) groups excluding carboxylic acids is 1. The molecule has 2 aromatic heterocycles. The summed E-state index contributed by atoms with van der Waals surface area (Å²) in [6.07, 6.45) is 4.59. The molecule has 0 saturated carbocycles. The first-order valence-electron chi connectivity index (χ1n) is 8.20. The Morgan fingerprint density at radius 3 is 2.71 bits per heavy atom. The number of amides is 1. The van der Waals surface area contributed by atoms with Crippen LogP contribution in [-0.2, 0) is 11.3 Å². The van der Waals surface area contributed by atoms with E-state index in [-0.39, 0.29) is 30.2 Å². The quantitative estimate of drug-likeness (QED) is 0.927. The van der Waals surface area contributed by atoms with Crippen molar-refractivity contribution in [3.8, 4) is 11.5 Å². The number of furan rings is 1. The number of hydrogen-bond donors (Lipinski definition) is 1. The molecule has 2 aromatic rings.